The zero-order chi connectivity index (χ0) is 14.7. The van der Waals surface area contributed by atoms with E-state index in [9.17, 15) is 9.59 Å². The highest BCUT2D eigenvalue weighted by atomic mass is 32.1. The number of amides is 2. The maximum atomic E-state index is 11.8. The Morgan fingerprint density at radius 1 is 1.25 bits per heavy atom. The van der Waals surface area contributed by atoms with E-state index in [0.29, 0.717) is 16.4 Å². The fraction of sp³-hybridized carbons (Fsp3) is 0.154. The Balaban J connectivity index is 2.06. The van der Waals surface area contributed by atoms with E-state index in [1.807, 2.05) is 12.3 Å². The normalized spacial score (nSPS) is 10.1. The molecule has 7 heteroatoms. The van der Waals surface area contributed by atoms with Crippen LogP contribution in [0.1, 0.15) is 21.6 Å². The summed E-state index contributed by atoms with van der Waals surface area (Å²) in [6, 6.07) is 4.10. The quantitative estimate of drug-likeness (QED) is 0.810. The first-order valence-corrected chi connectivity index (χ1v) is 6.68. The number of carbonyl (C=O) groups is 2. The number of carboxylic acid groups (broad SMARTS) is 1. The van der Waals surface area contributed by atoms with Crippen molar-refractivity contribution < 1.29 is 14.7 Å². The van der Waals surface area contributed by atoms with Crippen LogP contribution in [0.15, 0.2) is 23.6 Å². The maximum absolute atomic E-state index is 11.8. The van der Waals surface area contributed by atoms with E-state index >= 15 is 0 Å². The number of hydrogen-bond acceptors (Lipinski definition) is 4. The van der Waals surface area contributed by atoms with E-state index in [0.717, 1.165) is 5.69 Å². The number of carbonyl (C=O) groups excluding carboxylic acids is 1. The second kappa shape index (κ2) is 5.70. The van der Waals surface area contributed by atoms with Crippen molar-refractivity contribution in [3.63, 3.8) is 0 Å². The fourth-order valence-electron chi connectivity index (χ4n) is 1.60. The molecule has 2 amide bonds. The number of rotatable bonds is 3. The highest BCUT2D eigenvalue weighted by molar-refractivity contribution is 7.13. The zero-order valence-electron chi connectivity index (χ0n) is 10.9. The molecule has 2 aromatic rings. The summed E-state index contributed by atoms with van der Waals surface area (Å²) in [6.45, 7) is 3.57. The number of thiazole rings is 1. The van der Waals surface area contributed by atoms with Crippen LogP contribution in [0, 0.1) is 13.8 Å². The van der Waals surface area contributed by atoms with Crippen molar-refractivity contribution in [1.29, 1.82) is 0 Å². The molecule has 0 aliphatic rings. The summed E-state index contributed by atoms with van der Waals surface area (Å²) in [5, 5.41) is 16.5. The average Bonchev–Trinajstić information content (AvgIpc) is 2.77. The molecule has 0 saturated heterocycles. The molecule has 0 unspecified atom stereocenters. The van der Waals surface area contributed by atoms with Crippen molar-refractivity contribution in [2.45, 2.75) is 13.8 Å². The van der Waals surface area contributed by atoms with E-state index in [2.05, 4.69) is 15.6 Å². The molecule has 0 saturated carbocycles. The molecule has 0 atom stereocenters. The molecule has 20 heavy (non-hydrogen) atoms. The lowest BCUT2D eigenvalue weighted by Gasteiger charge is -2.09. The fourth-order valence-corrected chi connectivity index (χ4v) is 2.28. The Hall–Kier alpha value is -2.41. The van der Waals surface area contributed by atoms with E-state index < -0.39 is 12.0 Å². The summed E-state index contributed by atoms with van der Waals surface area (Å²) in [5.41, 5.74) is 2.26. The summed E-state index contributed by atoms with van der Waals surface area (Å²) < 4.78 is 0. The van der Waals surface area contributed by atoms with Crippen LogP contribution in [0.25, 0.3) is 0 Å². The molecule has 6 nitrogen and oxygen atoms in total. The Morgan fingerprint density at radius 3 is 2.55 bits per heavy atom. The number of aromatic carboxylic acids is 1. The van der Waals surface area contributed by atoms with Crippen LogP contribution >= 0.6 is 11.3 Å². The molecular weight excluding hydrogens is 278 g/mol. The van der Waals surface area contributed by atoms with Gasteiger partial charge < -0.3 is 10.4 Å². The molecule has 0 fully saturated rings. The number of hydrogen-bond donors (Lipinski definition) is 3. The molecule has 1 aromatic heterocycles. The minimum absolute atomic E-state index is 0.184. The number of urea groups is 1. The van der Waals surface area contributed by atoms with Crippen LogP contribution in [-0.4, -0.2) is 22.1 Å². The van der Waals surface area contributed by atoms with Gasteiger partial charge in [-0.2, -0.15) is 0 Å². The number of anilines is 2. The molecule has 2 rings (SSSR count). The number of aryl methyl sites for hydroxylation is 2. The summed E-state index contributed by atoms with van der Waals surface area (Å²) in [7, 11) is 0. The van der Waals surface area contributed by atoms with Gasteiger partial charge in [0.1, 0.15) is 0 Å². The van der Waals surface area contributed by atoms with Crippen molar-refractivity contribution in [3.05, 3.63) is 40.4 Å². The third-order valence-corrected chi connectivity index (χ3v) is 3.44. The second-order valence-electron chi connectivity index (χ2n) is 4.21. The van der Waals surface area contributed by atoms with Gasteiger partial charge >= 0.3 is 12.0 Å². The summed E-state index contributed by atoms with van der Waals surface area (Å²) in [5.74, 6) is -0.998. The molecule has 0 spiro atoms. The van der Waals surface area contributed by atoms with Crippen molar-refractivity contribution in [2.75, 3.05) is 10.6 Å². The summed E-state index contributed by atoms with van der Waals surface area (Å²) in [4.78, 5) is 26.7. The molecule has 0 radical (unpaired) electrons. The monoisotopic (exact) mass is 291 g/mol. The zero-order valence-corrected chi connectivity index (χ0v) is 11.7. The molecular formula is C13H13N3O3S. The summed E-state index contributed by atoms with van der Waals surface area (Å²) in [6.07, 6.45) is 0. The van der Waals surface area contributed by atoms with Gasteiger partial charge in [0.25, 0.3) is 0 Å². The Kier molecular flexibility index (Phi) is 3.99. The standard InChI is InChI=1S/C13H13N3O3S/c1-7-5-9(11(17)18)3-4-10(7)15-12(19)16-13-14-8(2)6-20-13/h3-6H,1-2H3,(H,17,18)(H2,14,15,16,19). The number of nitrogens with zero attached hydrogens (tertiary/aromatic N) is 1. The van der Waals surface area contributed by atoms with Crippen molar-refractivity contribution >= 4 is 34.2 Å². The third-order valence-electron chi connectivity index (χ3n) is 2.56. The summed E-state index contributed by atoms with van der Waals surface area (Å²) >= 11 is 1.34. The van der Waals surface area contributed by atoms with E-state index in [1.165, 1.54) is 23.5 Å². The van der Waals surface area contributed by atoms with E-state index in [4.69, 9.17) is 5.11 Å². The average molecular weight is 291 g/mol. The van der Waals surface area contributed by atoms with Gasteiger partial charge in [0.2, 0.25) is 0 Å². The van der Waals surface area contributed by atoms with Gasteiger partial charge in [0.05, 0.1) is 11.3 Å². The number of benzene rings is 1. The van der Waals surface area contributed by atoms with Crippen LogP contribution in [0.4, 0.5) is 15.6 Å². The first-order chi connectivity index (χ1) is 9.45. The lowest BCUT2D eigenvalue weighted by atomic mass is 10.1. The highest BCUT2D eigenvalue weighted by Crippen LogP contribution is 2.18. The van der Waals surface area contributed by atoms with Gasteiger partial charge in [0, 0.05) is 11.1 Å². The predicted molar refractivity (Wildman–Crippen MR) is 77.6 cm³/mol. The minimum Gasteiger partial charge on any atom is -0.478 e. The molecule has 0 aliphatic heterocycles. The smallest absolute Gasteiger partial charge is 0.335 e. The predicted octanol–water partition coefficient (Wildman–Crippen LogP) is 3.10. The Morgan fingerprint density at radius 2 is 2.00 bits per heavy atom. The van der Waals surface area contributed by atoms with Crippen molar-refractivity contribution in [3.8, 4) is 0 Å². The lowest BCUT2D eigenvalue weighted by Crippen LogP contribution is -2.20. The van der Waals surface area contributed by atoms with Crippen LogP contribution in [0.3, 0.4) is 0 Å². The molecule has 1 aromatic carbocycles. The Bertz CT molecular complexity index is 667. The van der Waals surface area contributed by atoms with Crippen LogP contribution in [0.2, 0.25) is 0 Å². The lowest BCUT2D eigenvalue weighted by molar-refractivity contribution is 0.0697. The SMILES string of the molecule is Cc1csc(NC(=O)Nc2ccc(C(=O)O)cc2C)n1. The highest BCUT2D eigenvalue weighted by Gasteiger charge is 2.09. The first-order valence-electron chi connectivity index (χ1n) is 5.80. The van der Waals surface area contributed by atoms with Gasteiger partial charge in [-0.1, -0.05) is 0 Å². The van der Waals surface area contributed by atoms with Gasteiger partial charge in [-0.05, 0) is 37.6 Å². The largest absolute Gasteiger partial charge is 0.478 e. The first kappa shape index (κ1) is 14.0. The van der Waals surface area contributed by atoms with E-state index in [-0.39, 0.29) is 5.56 Å². The minimum atomic E-state index is -0.998. The molecule has 0 aliphatic carbocycles. The van der Waals surface area contributed by atoms with Gasteiger partial charge in [-0.3, -0.25) is 5.32 Å². The number of nitrogens with one attached hydrogen (secondary N) is 2. The van der Waals surface area contributed by atoms with E-state index in [1.54, 1.807) is 13.0 Å². The van der Waals surface area contributed by atoms with Crippen molar-refractivity contribution in [2.24, 2.45) is 0 Å². The number of carboxylic acids is 1. The Labute approximate surface area is 119 Å². The second-order valence-corrected chi connectivity index (χ2v) is 5.07. The molecule has 3 N–H and O–H groups in total. The number of aromatic nitrogens is 1. The molecule has 104 valence electrons. The van der Waals surface area contributed by atoms with Crippen LogP contribution in [-0.2, 0) is 0 Å². The van der Waals surface area contributed by atoms with Gasteiger partial charge in [0.15, 0.2) is 5.13 Å². The van der Waals surface area contributed by atoms with Gasteiger partial charge in [-0.15, -0.1) is 11.3 Å². The maximum Gasteiger partial charge on any atom is 0.335 e. The van der Waals surface area contributed by atoms with Crippen molar-refractivity contribution in [1.82, 2.24) is 4.98 Å². The topological polar surface area (TPSA) is 91.3 Å². The third kappa shape index (κ3) is 3.33. The van der Waals surface area contributed by atoms with Gasteiger partial charge in [-0.25, -0.2) is 14.6 Å². The van der Waals surface area contributed by atoms with Crippen LogP contribution in [0.5, 0.6) is 0 Å². The molecule has 1 heterocycles. The van der Waals surface area contributed by atoms with Crippen LogP contribution < -0.4 is 10.6 Å². The molecule has 0 bridgehead atoms.